The lowest BCUT2D eigenvalue weighted by atomic mass is 9.88. The van der Waals surface area contributed by atoms with E-state index >= 15 is 0 Å². The van der Waals surface area contributed by atoms with Crippen LogP contribution in [0.4, 0.5) is 5.69 Å². The predicted molar refractivity (Wildman–Crippen MR) is 130 cm³/mol. The fourth-order valence-corrected chi connectivity index (χ4v) is 3.71. The molecule has 0 radical (unpaired) electrons. The van der Waals surface area contributed by atoms with E-state index in [1.165, 1.54) is 6.42 Å². The number of hydrogen-bond donors (Lipinski definition) is 4. The number of rotatable bonds is 6. The Hall–Kier alpha value is -3.46. The third kappa shape index (κ3) is 7.87. The molecular formula is C24H28N4O4S. The Morgan fingerprint density at radius 1 is 1.00 bits per heavy atom. The van der Waals surface area contributed by atoms with Crippen molar-refractivity contribution in [2.24, 2.45) is 5.92 Å². The van der Waals surface area contributed by atoms with E-state index in [1.54, 1.807) is 30.3 Å². The van der Waals surface area contributed by atoms with E-state index in [4.69, 9.17) is 17.0 Å². The van der Waals surface area contributed by atoms with Crippen LogP contribution in [0.15, 0.2) is 48.5 Å². The minimum atomic E-state index is -0.457. The number of carbonyl (C=O) groups excluding carboxylic acids is 3. The molecule has 2 aromatic rings. The van der Waals surface area contributed by atoms with Crippen LogP contribution in [0.5, 0.6) is 5.75 Å². The highest BCUT2D eigenvalue weighted by atomic mass is 32.1. The molecule has 1 aliphatic carbocycles. The number of anilines is 1. The van der Waals surface area contributed by atoms with Gasteiger partial charge in [-0.1, -0.05) is 31.4 Å². The van der Waals surface area contributed by atoms with Gasteiger partial charge < -0.3 is 10.1 Å². The van der Waals surface area contributed by atoms with Crippen LogP contribution < -0.4 is 26.2 Å². The molecular weight excluding hydrogens is 440 g/mol. The molecule has 3 rings (SSSR count). The minimum absolute atomic E-state index is 0.0287. The first-order valence-corrected chi connectivity index (χ1v) is 11.3. The normalized spacial score (nSPS) is 13.5. The number of amides is 3. The maximum absolute atomic E-state index is 12.3. The van der Waals surface area contributed by atoms with Crippen LogP contribution in [-0.4, -0.2) is 29.4 Å². The molecule has 0 saturated heterocycles. The Kier molecular flexibility index (Phi) is 8.77. The highest BCUT2D eigenvalue weighted by Gasteiger charge is 2.21. The number of nitrogens with one attached hydrogen (secondary N) is 4. The van der Waals surface area contributed by atoms with Crippen LogP contribution in [-0.2, 0) is 9.59 Å². The van der Waals surface area contributed by atoms with E-state index < -0.39 is 11.8 Å². The summed E-state index contributed by atoms with van der Waals surface area (Å²) in [5.41, 5.74) is 6.94. The van der Waals surface area contributed by atoms with Gasteiger partial charge in [-0.2, -0.15) is 0 Å². The molecule has 174 valence electrons. The molecule has 3 amide bonds. The van der Waals surface area contributed by atoms with Crippen LogP contribution in [0.3, 0.4) is 0 Å². The number of benzene rings is 2. The maximum atomic E-state index is 12.3. The van der Waals surface area contributed by atoms with Crippen molar-refractivity contribution in [3.63, 3.8) is 0 Å². The van der Waals surface area contributed by atoms with Crippen molar-refractivity contribution in [3.8, 4) is 5.75 Å². The summed E-state index contributed by atoms with van der Waals surface area (Å²) in [4.78, 5) is 36.6. The Morgan fingerprint density at radius 2 is 1.73 bits per heavy atom. The zero-order valence-electron chi connectivity index (χ0n) is 18.5. The second-order valence-corrected chi connectivity index (χ2v) is 8.37. The van der Waals surface area contributed by atoms with Crippen molar-refractivity contribution in [3.05, 3.63) is 59.7 Å². The van der Waals surface area contributed by atoms with Crippen molar-refractivity contribution >= 4 is 40.7 Å². The van der Waals surface area contributed by atoms with Gasteiger partial charge in [0, 0.05) is 17.2 Å². The molecule has 0 aliphatic heterocycles. The van der Waals surface area contributed by atoms with Gasteiger partial charge in [-0.05, 0) is 73.9 Å². The number of aryl methyl sites for hydroxylation is 1. The number of hydrazine groups is 1. The van der Waals surface area contributed by atoms with E-state index in [2.05, 4.69) is 21.5 Å². The number of hydrogen-bond acceptors (Lipinski definition) is 5. The van der Waals surface area contributed by atoms with Crippen molar-refractivity contribution in [2.45, 2.75) is 39.0 Å². The molecule has 33 heavy (non-hydrogen) atoms. The van der Waals surface area contributed by atoms with Crippen molar-refractivity contribution < 1.29 is 19.1 Å². The molecule has 0 bridgehead atoms. The van der Waals surface area contributed by atoms with Gasteiger partial charge in [-0.3, -0.25) is 30.6 Å². The standard InChI is InChI=1S/C24H28N4O4S/c1-16-6-5-9-20(14-16)32-15-21(29)26-24(33)28-27-23(31)18-10-12-19(13-11-18)25-22(30)17-7-3-2-4-8-17/h5-6,9-14,17H,2-4,7-8,15H2,1H3,(H,25,30)(H,27,31)(H2,26,28,29,33). The molecule has 1 aliphatic rings. The molecule has 1 saturated carbocycles. The Labute approximate surface area is 198 Å². The van der Waals surface area contributed by atoms with Crippen LogP contribution >= 0.6 is 12.2 Å². The fraction of sp³-hybridized carbons (Fsp3) is 0.333. The molecule has 8 nitrogen and oxygen atoms in total. The van der Waals surface area contributed by atoms with Crippen LogP contribution in [0, 0.1) is 12.8 Å². The third-order valence-electron chi connectivity index (χ3n) is 5.29. The van der Waals surface area contributed by atoms with Gasteiger partial charge in [0.15, 0.2) is 11.7 Å². The average Bonchev–Trinajstić information content (AvgIpc) is 2.82. The van der Waals surface area contributed by atoms with Crippen molar-refractivity contribution in [2.75, 3.05) is 11.9 Å². The van der Waals surface area contributed by atoms with Crippen LogP contribution in [0.2, 0.25) is 0 Å². The fourth-order valence-electron chi connectivity index (χ4n) is 3.55. The molecule has 0 aromatic heterocycles. The first-order chi connectivity index (χ1) is 15.9. The van der Waals surface area contributed by atoms with Crippen molar-refractivity contribution in [1.82, 2.24) is 16.2 Å². The SMILES string of the molecule is Cc1cccc(OCC(=O)NC(=S)NNC(=O)c2ccc(NC(=O)C3CCCCC3)cc2)c1. The van der Waals surface area contributed by atoms with Crippen LogP contribution in [0.1, 0.15) is 48.0 Å². The first-order valence-electron chi connectivity index (χ1n) is 10.9. The van der Waals surface area contributed by atoms with Gasteiger partial charge in [0.2, 0.25) is 5.91 Å². The summed E-state index contributed by atoms with van der Waals surface area (Å²) in [5, 5.41) is 5.28. The average molecular weight is 469 g/mol. The summed E-state index contributed by atoms with van der Waals surface area (Å²) in [6.45, 7) is 1.71. The lowest BCUT2D eigenvalue weighted by Crippen LogP contribution is -2.49. The quantitative estimate of drug-likeness (QED) is 0.383. The Morgan fingerprint density at radius 3 is 2.42 bits per heavy atom. The molecule has 1 fully saturated rings. The van der Waals surface area contributed by atoms with E-state index in [-0.39, 0.29) is 23.5 Å². The number of carbonyl (C=O) groups is 3. The van der Waals surface area contributed by atoms with E-state index in [0.717, 1.165) is 31.2 Å². The Bertz CT molecular complexity index is 1000. The first kappa shape index (κ1) is 24.2. The van der Waals surface area contributed by atoms with Gasteiger partial charge in [0.1, 0.15) is 5.75 Å². The van der Waals surface area contributed by atoms with Crippen molar-refractivity contribution in [1.29, 1.82) is 0 Å². The highest BCUT2D eigenvalue weighted by Crippen LogP contribution is 2.25. The monoisotopic (exact) mass is 468 g/mol. The minimum Gasteiger partial charge on any atom is -0.484 e. The van der Waals surface area contributed by atoms with E-state index in [9.17, 15) is 14.4 Å². The number of thiocarbonyl (C=S) groups is 1. The van der Waals surface area contributed by atoms with Gasteiger partial charge in [-0.25, -0.2) is 0 Å². The summed E-state index contributed by atoms with van der Waals surface area (Å²) < 4.78 is 5.40. The van der Waals surface area contributed by atoms with Crippen LogP contribution in [0.25, 0.3) is 0 Å². The van der Waals surface area contributed by atoms with Gasteiger partial charge in [0.05, 0.1) is 0 Å². The summed E-state index contributed by atoms with van der Waals surface area (Å²) in [5.74, 6) is -0.227. The Balaban J connectivity index is 1.39. The summed E-state index contributed by atoms with van der Waals surface area (Å²) in [7, 11) is 0. The smallest absolute Gasteiger partial charge is 0.269 e. The molecule has 9 heteroatoms. The zero-order chi connectivity index (χ0) is 23.6. The zero-order valence-corrected chi connectivity index (χ0v) is 19.3. The number of ether oxygens (including phenoxy) is 1. The molecule has 2 aromatic carbocycles. The third-order valence-corrected chi connectivity index (χ3v) is 5.50. The van der Waals surface area contributed by atoms with E-state index in [1.807, 2.05) is 25.1 Å². The molecule has 0 unspecified atom stereocenters. The lowest BCUT2D eigenvalue weighted by molar-refractivity contribution is -0.122. The van der Waals surface area contributed by atoms with Gasteiger partial charge >= 0.3 is 0 Å². The second kappa shape index (κ2) is 12.0. The topological polar surface area (TPSA) is 109 Å². The molecule has 0 heterocycles. The lowest BCUT2D eigenvalue weighted by Gasteiger charge is -2.20. The van der Waals surface area contributed by atoms with Gasteiger partial charge in [-0.15, -0.1) is 0 Å². The maximum Gasteiger partial charge on any atom is 0.269 e. The second-order valence-electron chi connectivity index (χ2n) is 7.96. The molecule has 0 spiro atoms. The predicted octanol–water partition coefficient (Wildman–Crippen LogP) is 3.23. The molecule has 4 N–H and O–H groups in total. The largest absolute Gasteiger partial charge is 0.484 e. The summed E-state index contributed by atoms with van der Waals surface area (Å²) >= 11 is 5.02. The van der Waals surface area contributed by atoms with E-state index in [0.29, 0.717) is 17.0 Å². The molecule has 0 atom stereocenters. The van der Waals surface area contributed by atoms with Gasteiger partial charge in [0.25, 0.3) is 11.8 Å². The summed E-state index contributed by atoms with van der Waals surface area (Å²) in [6.07, 6.45) is 5.22. The summed E-state index contributed by atoms with van der Waals surface area (Å²) in [6, 6.07) is 13.9. The highest BCUT2D eigenvalue weighted by molar-refractivity contribution is 7.80.